The molecule has 0 bridgehead atoms. The lowest BCUT2D eigenvalue weighted by atomic mass is 10.0. The molecule has 0 N–H and O–H groups in total. The SMILES string of the molecule is CCCCCCCCCCCCCC(S)C(S)CCCCCCCC. The largest absolute Gasteiger partial charge is 0.175 e. The zero-order chi connectivity index (χ0) is 18.6. The van der Waals surface area contributed by atoms with E-state index in [-0.39, 0.29) is 0 Å². The van der Waals surface area contributed by atoms with Crippen LogP contribution < -0.4 is 0 Å². The molecule has 0 fully saturated rings. The summed E-state index contributed by atoms with van der Waals surface area (Å²) < 4.78 is 0. The van der Waals surface area contributed by atoms with Gasteiger partial charge in [-0.25, -0.2) is 0 Å². The lowest BCUT2D eigenvalue weighted by molar-refractivity contribution is 0.531. The summed E-state index contributed by atoms with van der Waals surface area (Å²) in [5.74, 6) is 0. The van der Waals surface area contributed by atoms with Crippen LogP contribution in [0.1, 0.15) is 136 Å². The quantitative estimate of drug-likeness (QED) is 0.151. The molecule has 2 heteroatoms. The Kier molecular flexibility index (Phi) is 21.6. The monoisotopic (exact) mass is 388 g/mol. The van der Waals surface area contributed by atoms with Gasteiger partial charge in [-0.05, 0) is 12.8 Å². The van der Waals surface area contributed by atoms with Crippen LogP contribution in [-0.2, 0) is 0 Å². The molecule has 25 heavy (non-hydrogen) atoms. The summed E-state index contributed by atoms with van der Waals surface area (Å²) in [7, 11) is 0. The van der Waals surface area contributed by atoms with Gasteiger partial charge in [0.05, 0.1) is 0 Å². The first-order valence-electron chi connectivity index (χ1n) is 11.6. The van der Waals surface area contributed by atoms with Crippen molar-refractivity contribution in [2.75, 3.05) is 0 Å². The first kappa shape index (κ1) is 25.7. The average Bonchev–Trinajstić information content (AvgIpc) is 2.62. The van der Waals surface area contributed by atoms with E-state index in [0.717, 1.165) is 0 Å². The van der Waals surface area contributed by atoms with Crippen LogP contribution in [0.5, 0.6) is 0 Å². The van der Waals surface area contributed by atoms with Crippen molar-refractivity contribution < 1.29 is 0 Å². The van der Waals surface area contributed by atoms with Crippen LogP contribution in [-0.4, -0.2) is 10.5 Å². The highest BCUT2D eigenvalue weighted by molar-refractivity contribution is 7.85. The minimum absolute atomic E-state index is 0.498. The van der Waals surface area contributed by atoms with Crippen molar-refractivity contribution in [3.05, 3.63) is 0 Å². The lowest BCUT2D eigenvalue weighted by Gasteiger charge is -2.18. The summed E-state index contributed by atoms with van der Waals surface area (Å²) in [6.07, 6.45) is 26.4. The van der Waals surface area contributed by atoms with E-state index in [0.29, 0.717) is 10.5 Å². The van der Waals surface area contributed by atoms with Crippen molar-refractivity contribution in [2.45, 2.75) is 146 Å². The summed E-state index contributed by atoms with van der Waals surface area (Å²) in [5.41, 5.74) is 0. The van der Waals surface area contributed by atoms with Crippen LogP contribution in [0.3, 0.4) is 0 Å². The van der Waals surface area contributed by atoms with E-state index in [9.17, 15) is 0 Å². The van der Waals surface area contributed by atoms with Gasteiger partial charge in [-0.15, -0.1) is 0 Å². The zero-order valence-corrected chi connectivity index (χ0v) is 19.3. The van der Waals surface area contributed by atoms with E-state index in [2.05, 4.69) is 13.8 Å². The molecule has 0 aliphatic carbocycles. The third-order valence-corrected chi connectivity index (χ3v) is 6.87. The van der Waals surface area contributed by atoms with E-state index >= 15 is 0 Å². The molecule has 2 unspecified atom stereocenters. The highest BCUT2D eigenvalue weighted by Gasteiger charge is 2.13. The molecule has 0 saturated carbocycles. The highest BCUT2D eigenvalue weighted by atomic mass is 32.1. The molecule has 0 nitrogen and oxygen atoms in total. The van der Waals surface area contributed by atoms with Gasteiger partial charge in [0.25, 0.3) is 0 Å². The van der Waals surface area contributed by atoms with Gasteiger partial charge in [-0.3, -0.25) is 0 Å². The second kappa shape index (κ2) is 21.0. The van der Waals surface area contributed by atoms with Gasteiger partial charge in [-0.2, -0.15) is 25.3 Å². The molecule has 152 valence electrons. The maximum atomic E-state index is 4.81. The number of rotatable bonds is 20. The Labute approximate surface area is 171 Å². The summed E-state index contributed by atoms with van der Waals surface area (Å²) >= 11 is 9.60. The molecular weight excluding hydrogens is 340 g/mol. The molecule has 0 aromatic rings. The highest BCUT2D eigenvalue weighted by Crippen LogP contribution is 2.22. The average molecular weight is 389 g/mol. The molecule has 2 atom stereocenters. The molecule has 0 saturated heterocycles. The summed E-state index contributed by atoms with van der Waals surface area (Å²) in [4.78, 5) is 0. The molecule has 0 amide bonds. The number of thiol groups is 2. The van der Waals surface area contributed by atoms with Gasteiger partial charge in [0.2, 0.25) is 0 Å². The molecule has 0 aliphatic heterocycles. The number of hydrogen-bond acceptors (Lipinski definition) is 2. The van der Waals surface area contributed by atoms with Gasteiger partial charge < -0.3 is 0 Å². The first-order valence-corrected chi connectivity index (χ1v) is 12.6. The molecule has 0 radical (unpaired) electrons. The summed E-state index contributed by atoms with van der Waals surface area (Å²) in [6, 6.07) is 0. The molecule has 0 aliphatic rings. The predicted octanol–water partition coefficient (Wildman–Crippen LogP) is 9.03. The van der Waals surface area contributed by atoms with E-state index < -0.39 is 0 Å². The third kappa shape index (κ3) is 19.3. The van der Waals surface area contributed by atoms with Crippen LogP contribution in [0.15, 0.2) is 0 Å². The van der Waals surface area contributed by atoms with E-state index in [1.807, 2.05) is 0 Å². The van der Waals surface area contributed by atoms with Crippen molar-refractivity contribution in [1.29, 1.82) is 0 Å². The van der Waals surface area contributed by atoms with Crippen molar-refractivity contribution in [3.8, 4) is 0 Å². The molecule has 0 spiro atoms. The molecule has 0 aromatic heterocycles. The van der Waals surface area contributed by atoms with Crippen LogP contribution in [0.4, 0.5) is 0 Å². The number of hydrogen-bond donors (Lipinski definition) is 2. The van der Waals surface area contributed by atoms with Crippen LogP contribution in [0.25, 0.3) is 0 Å². The fourth-order valence-electron chi connectivity index (χ4n) is 3.54. The Hall–Kier alpha value is 0.700. The molecular formula is C23H48S2. The van der Waals surface area contributed by atoms with E-state index in [4.69, 9.17) is 25.3 Å². The van der Waals surface area contributed by atoms with Crippen LogP contribution >= 0.6 is 25.3 Å². The van der Waals surface area contributed by atoms with Gasteiger partial charge in [0.15, 0.2) is 0 Å². The Morgan fingerprint density at radius 1 is 0.400 bits per heavy atom. The van der Waals surface area contributed by atoms with Crippen LogP contribution in [0, 0.1) is 0 Å². The maximum Gasteiger partial charge on any atom is 0.0133 e. The van der Waals surface area contributed by atoms with Gasteiger partial charge in [0, 0.05) is 10.5 Å². The Morgan fingerprint density at radius 2 is 0.640 bits per heavy atom. The molecule has 0 aromatic carbocycles. The molecule has 0 rings (SSSR count). The topological polar surface area (TPSA) is 0 Å². The van der Waals surface area contributed by atoms with Crippen molar-refractivity contribution >= 4 is 25.3 Å². The van der Waals surface area contributed by atoms with E-state index in [1.54, 1.807) is 0 Å². The standard InChI is InChI=1S/C23H48S2/c1-3-5-7-9-11-12-13-14-15-17-19-21-23(25)22(24)20-18-16-10-8-6-4-2/h22-25H,3-21H2,1-2H3. The second-order valence-corrected chi connectivity index (χ2v) is 9.34. The van der Waals surface area contributed by atoms with Gasteiger partial charge in [0.1, 0.15) is 0 Å². The second-order valence-electron chi connectivity index (χ2n) is 8.02. The lowest BCUT2D eigenvalue weighted by Crippen LogP contribution is -2.15. The Bertz CT molecular complexity index is 242. The zero-order valence-electron chi connectivity index (χ0n) is 17.5. The minimum Gasteiger partial charge on any atom is -0.175 e. The van der Waals surface area contributed by atoms with Gasteiger partial charge in [-0.1, -0.05) is 123 Å². The number of unbranched alkanes of at least 4 members (excludes halogenated alkanes) is 15. The van der Waals surface area contributed by atoms with Crippen molar-refractivity contribution in [3.63, 3.8) is 0 Å². The minimum atomic E-state index is 0.498. The maximum absolute atomic E-state index is 4.81. The first-order chi connectivity index (χ1) is 12.2. The smallest absolute Gasteiger partial charge is 0.0133 e. The predicted molar refractivity (Wildman–Crippen MR) is 125 cm³/mol. The van der Waals surface area contributed by atoms with Crippen LogP contribution in [0.2, 0.25) is 0 Å². The normalized spacial score (nSPS) is 13.9. The van der Waals surface area contributed by atoms with Gasteiger partial charge >= 0.3 is 0 Å². The van der Waals surface area contributed by atoms with Crippen molar-refractivity contribution in [2.24, 2.45) is 0 Å². The van der Waals surface area contributed by atoms with Crippen molar-refractivity contribution in [1.82, 2.24) is 0 Å². The Morgan fingerprint density at radius 3 is 0.920 bits per heavy atom. The third-order valence-electron chi connectivity index (χ3n) is 5.40. The summed E-state index contributed by atoms with van der Waals surface area (Å²) in [6.45, 7) is 4.57. The summed E-state index contributed by atoms with van der Waals surface area (Å²) in [5, 5.41) is 0.996. The fraction of sp³-hybridized carbons (Fsp3) is 1.00. The Balaban J connectivity index is 3.29. The molecule has 0 heterocycles. The fourth-order valence-corrected chi connectivity index (χ4v) is 4.20. The van der Waals surface area contributed by atoms with E-state index in [1.165, 1.54) is 122 Å².